The van der Waals surface area contributed by atoms with Crippen molar-refractivity contribution in [1.82, 2.24) is 0 Å². The van der Waals surface area contributed by atoms with Crippen LogP contribution < -0.4 is 0 Å². The van der Waals surface area contributed by atoms with Crippen LogP contribution in [0.2, 0.25) is 0 Å². The molecular formula is C19H19NO2. The minimum Gasteiger partial charge on any atom is -0.618 e. The Kier molecular flexibility index (Phi) is 3.17. The van der Waals surface area contributed by atoms with Gasteiger partial charge in [-0.2, -0.15) is 4.74 Å². The molecule has 0 atom stereocenters. The van der Waals surface area contributed by atoms with Gasteiger partial charge in [-0.15, -0.1) is 0 Å². The lowest BCUT2D eigenvalue weighted by atomic mass is 9.85. The first kappa shape index (κ1) is 14.5. The molecule has 1 aliphatic rings. The molecule has 0 aromatic heterocycles. The summed E-state index contributed by atoms with van der Waals surface area (Å²) in [5, 5.41) is 12.5. The predicted molar refractivity (Wildman–Crippen MR) is 88.0 cm³/mol. The number of aryl methyl sites for hydroxylation is 1. The smallest absolute Gasteiger partial charge is 0.272 e. The molecule has 22 heavy (non-hydrogen) atoms. The third kappa shape index (κ3) is 2.23. The van der Waals surface area contributed by atoms with Gasteiger partial charge in [0.2, 0.25) is 5.69 Å². The van der Waals surface area contributed by atoms with Gasteiger partial charge in [0.1, 0.15) is 5.56 Å². The Morgan fingerprint density at radius 3 is 2.41 bits per heavy atom. The Hall–Kier alpha value is -2.42. The van der Waals surface area contributed by atoms with Gasteiger partial charge >= 0.3 is 0 Å². The molecule has 0 N–H and O–H groups in total. The molecule has 0 saturated heterocycles. The van der Waals surface area contributed by atoms with Crippen molar-refractivity contribution in [3.8, 4) is 0 Å². The highest BCUT2D eigenvalue weighted by Crippen LogP contribution is 2.32. The molecule has 1 heterocycles. The first-order valence-electron chi connectivity index (χ1n) is 7.39. The van der Waals surface area contributed by atoms with Crippen LogP contribution in [0.1, 0.15) is 47.8 Å². The molecule has 1 aliphatic heterocycles. The van der Waals surface area contributed by atoms with Gasteiger partial charge in [-0.05, 0) is 36.1 Å². The fourth-order valence-electron chi connectivity index (χ4n) is 2.74. The second kappa shape index (κ2) is 4.80. The zero-order valence-corrected chi connectivity index (χ0v) is 13.3. The van der Waals surface area contributed by atoms with Gasteiger partial charge in [0.05, 0.1) is 5.56 Å². The van der Waals surface area contributed by atoms with E-state index in [0.717, 1.165) is 15.9 Å². The summed E-state index contributed by atoms with van der Waals surface area (Å²) in [5.74, 6) is -0.193. The van der Waals surface area contributed by atoms with E-state index in [1.807, 2.05) is 43.3 Å². The van der Waals surface area contributed by atoms with Crippen LogP contribution in [0.5, 0.6) is 0 Å². The van der Waals surface area contributed by atoms with Crippen molar-refractivity contribution in [2.75, 3.05) is 0 Å². The first-order valence-corrected chi connectivity index (χ1v) is 7.39. The van der Waals surface area contributed by atoms with Crippen molar-refractivity contribution in [2.24, 2.45) is 0 Å². The van der Waals surface area contributed by atoms with Crippen molar-refractivity contribution in [2.45, 2.75) is 33.1 Å². The first-order chi connectivity index (χ1) is 10.3. The van der Waals surface area contributed by atoms with E-state index in [4.69, 9.17) is 0 Å². The van der Waals surface area contributed by atoms with Crippen molar-refractivity contribution >= 4 is 17.2 Å². The average Bonchev–Trinajstić information content (AvgIpc) is 2.69. The number of hydrogen-bond acceptors (Lipinski definition) is 2. The van der Waals surface area contributed by atoms with Crippen LogP contribution in [-0.2, 0) is 5.41 Å². The Morgan fingerprint density at radius 1 is 1.05 bits per heavy atom. The van der Waals surface area contributed by atoms with Gasteiger partial charge in [-0.3, -0.25) is 4.79 Å². The fourth-order valence-corrected chi connectivity index (χ4v) is 2.74. The number of Topliss-reactive ketones (excluding diaryl/α,β-unsaturated/α-hetero) is 1. The number of ketones is 1. The van der Waals surface area contributed by atoms with E-state index < -0.39 is 0 Å². The van der Waals surface area contributed by atoms with Crippen molar-refractivity contribution < 1.29 is 9.53 Å². The monoisotopic (exact) mass is 293 g/mol. The lowest BCUT2D eigenvalue weighted by Crippen LogP contribution is -2.17. The summed E-state index contributed by atoms with van der Waals surface area (Å²) in [4.78, 5) is 12.7. The molecule has 3 nitrogen and oxygen atoms in total. The fraction of sp³-hybridized carbons (Fsp3) is 0.263. The quantitative estimate of drug-likeness (QED) is 0.586. The van der Waals surface area contributed by atoms with Gasteiger partial charge in [0.15, 0.2) is 0 Å². The molecule has 0 bridgehead atoms. The molecule has 0 radical (unpaired) electrons. The standard InChI is InChI=1S/C19H19NO2/c1-12-6-5-7-13(10-12)17-18(21)15-11-14(19(2,3)4)8-9-16(15)20(17)22/h5-11H,1-4H3. The Morgan fingerprint density at radius 2 is 1.77 bits per heavy atom. The zero-order valence-electron chi connectivity index (χ0n) is 13.3. The van der Waals surface area contributed by atoms with Crippen LogP contribution in [0.15, 0.2) is 42.5 Å². The van der Waals surface area contributed by atoms with Crippen molar-refractivity contribution in [3.05, 3.63) is 69.9 Å². The SMILES string of the molecule is Cc1cccc(C2=[N+]([O-])c3ccc(C(C)(C)C)cc3C2=O)c1. The zero-order chi connectivity index (χ0) is 16.1. The van der Waals surface area contributed by atoms with Crippen LogP contribution in [0.3, 0.4) is 0 Å². The van der Waals surface area contributed by atoms with Crippen molar-refractivity contribution in [1.29, 1.82) is 0 Å². The third-order valence-corrected chi connectivity index (χ3v) is 4.04. The molecule has 0 saturated carbocycles. The number of carbonyl (C=O) groups is 1. The molecule has 0 spiro atoms. The predicted octanol–water partition coefficient (Wildman–Crippen LogP) is 4.12. The minimum absolute atomic E-state index is 0.0604. The highest BCUT2D eigenvalue weighted by atomic mass is 16.5. The van der Waals surface area contributed by atoms with Crippen molar-refractivity contribution in [3.63, 3.8) is 0 Å². The lowest BCUT2D eigenvalue weighted by molar-refractivity contribution is -0.355. The number of carbonyl (C=O) groups excluding carboxylic acids is 1. The molecule has 0 unspecified atom stereocenters. The van der Waals surface area contributed by atoms with Gasteiger partial charge < -0.3 is 5.21 Å². The van der Waals surface area contributed by atoms with E-state index in [2.05, 4.69) is 20.8 Å². The average molecular weight is 293 g/mol. The molecule has 2 aromatic carbocycles. The van der Waals surface area contributed by atoms with Crippen LogP contribution in [0.25, 0.3) is 0 Å². The minimum atomic E-state index is -0.193. The maximum Gasteiger partial charge on any atom is 0.272 e. The number of rotatable bonds is 1. The Bertz CT molecular complexity index is 810. The molecule has 112 valence electrons. The molecule has 0 aliphatic carbocycles. The molecule has 0 fully saturated rings. The Labute approximate surface area is 130 Å². The maximum absolute atomic E-state index is 12.7. The van der Waals surface area contributed by atoms with E-state index in [-0.39, 0.29) is 16.9 Å². The number of benzene rings is 2. The largest absolute Gasteiger partial charge is 0.618 e. The van der Waals surface area contributed by atoms with E-state index >= 15 is 0 Å². The highest BCUT2D eigenvalue weighted by Gasteiger charge is 2.37. The summed E-state index contributed by atoms with van der Waals surface area (Å²) in [7, 11) is 0. The number of nitrogens with zero attached hydrogens (tertiary/aromatic N) is 1. The Balaban J connectivity index is 2.14. The molecule has 0 amide bonds. The van der Waals surface area contributed by atoms with Crippen LogP contribution in [0, 0.1) is 12.1 Å². The molecule has 2 aromatic rings. The second-order valence-corrected chi connectivity index (χ2v) is 6.82. The van der Waals surface area contributed by atoms with Crippen LogP contribution in [-0.4, -0.2) is 16.2 Å². The normalized spacial score (nSPS) is 14.5. The van der Waals surface area contributed by atoms with Gasteiger partial charge in [0, 0.05) is 6.07 Å². The highest BCUT2D eigenvalue weighted by molar-refractivity contribution is 6.52. The van der Waals surface area contributed by atoms with Crippen LogP contribution in [0.4, 0.5) is 5.69 Å². The second-order valence-electron chi connectivity index (χ2n) is 6.82. The summed E-state index contributed by atoms with van der Waals surface area (Å²) >= 11 is 0. The summed E-state index contributed by atoms with van der Waals surface area (Å²) < 4.78 is 0.763. The van der Waals surface area contributed by atoms with E-state index in [1.165, 1.54) is 0 Å². The van der Waals surface area contributed by atoms with Gasteiger partial charge in [-0.25, -0.2) is 0 Å². The molecule has 3 rings (SSSR count). The topological polar surface area (TPSA) is 43.1 Å². The van der Waals surface area contributed by atoms with E-state index in [0.29, 0.717) is 16.8 Å². The van der Waals surface area contributed by atoms with Gasteiger partial charge in [0.25, 0.3) is 11.5 Å². The lowest BCUT2D eigenvalue weighted by Gasteiger charge is -2.19. The number of hydrogen-bond donors (Lipinski definition) is 0. The summed E-state index contributed by atoms with van der Waals surface area (Å²) in [6.07, 6.45) is 0. The summed E-state index contributed by atoms with van der Waals surface area (Å²) in [6, 6.07) is 13.0. The summed E-state index contributed by atoms with van der Waals surface area (Å²) in [6.45, 7) is 8.22. The van der Waals surface area contributed by atoms with E-state index in [1.54, 1.807) is 6.07 Å². The van der Waals surface area contributed by atoms with Gasteiger partial charge in [-0.1, -0.05) is 44.5 Å². The van der Waals surface area contributed by atoms with E-state index in [9.17, 15) is 10.0 Å². The maximum atomic E-state index is 12.7. The molecular weight excluding hydrogens is 274 g/mol. The molecule has 3 heteroatoms. The van der Waals surface area contributed by atoms with Crippen LogP contribution >= 0.6 is 0 Å². The summed E-state index contributed by atoms with van der Waals surface area (Å²) in [5.41, 5.74) is 3.84. The third-order valence-electron chi connectivity index (χ3n) is 4.04. The number of fused-ring (bicyclic) bond motifs is 1.